The molecule has 2 N–H and O–H groups in total. The molecule has 3 aromatic rings. The van der Waals surface area contributed by atoms with Crippen molar-refractivity contribution in [3.8, 4) is 0 Å². The number of benzene rings is 2. The lowest BCUT2D eigenvalue weighted by atomic mass is 10.1. The van der Waals surface area contributed by atoms with Crippen LogP contribution in [-0.4, -0.2) is 22.0 Å². The van der Waals surface area contributed by atoms with Gasteiger partial charge in [-0.2, -0.15) is 0 Å². The van der Waals surface area contributed by atoms with Crippen LogP contribution in [0, 0.1) is 5.82 Å². The molecule has 3 rings (SSSR count). The van der Waals surface area contributed by atoms with Crippen LogP contribution in [0.4, 0.5) is 4.39 Å². The zero-order chi connectivity index (χ0) is 18.5. The molecule has 1 amide bonds. The van der Waals surface area contributed by atoms with Gasteiger partial charge in [-0.3, -0.25) is 14.4 Å². The van der Waals surface area contributed by atoms with Crippen LogP contribution in [0.3, 0.4) is 0 Å². The number of carbonyl (C=O) groups excluding carboxylic acids is 1. The van der Waals surface area contributed by atoms with E-state index in [0.29, 0.717) is 18.4 Å². The number of amides is 1. The predicted octanol–water partition coefficient (Wildman–Crippen LogP) is 1.58. The average Bonchev–Trinajstić information content (AvgIpc) is 2.64. The molecule has 6 nitrogen and oxygen atoms in total. The largest absolute Gasteiger partial charge is 0.354 e. The van der Waals surface area contributed by atoms with E-state index in [1.807, 2.05) is 30.3 Å². The van der Waals surface area contributed by atoms with Crippen LogP contribution in [0.5, 0.6) is 0 Å². The number of aromatic amines is 1. The molecule has 0 aliphatic heterocycles. The fraction of sp³-hybridized carbons (Fsp3) is 0.211. The van der Waals surface area contributed by atoms with E-state index in [-0.39, 0.29) is 24.5 Å². The number of hydrogen-bond donors (Lipinski definition) is 2. The second-order valence-corrected chi connectivity index (χ2v) is 5.91. The van der Waals surface area contributed by atoms with E-state index in [1.54, 1.807) is 0 Å². The summed E-state index contributed by atoms with van der Waals surface area (Å²) in [7, 11) is 0. The summed E-state index contributed by atoms with van der Waals surface area (Å²) in [4.78, 5) is 38.1. The third-order valence-electron chi connectivity index (χ3n) is 4.08. The molecule has 0 radical (unpaired) electrons. The molecule has 0 aliphatic rings. The Bertz CT molecular complexity index is 1040. The van der Waals surface area contributed by atoms with Crippen molar-refractivity contribution in [1.29, 1.82) is 0 Å². The summed E-state index contributed by atoms with van der Waals surface area (Å²) in [5, 5.41) is 2.74. The van der Waals surface area contributed by atoms with Gasteiger partial charge >= 0.3 is 11.1 Å². The zero-order valence-corrected chi connectivity index (χ0v) is 14.0. The van der Waals surface area contributed by atoms with Gasteiger partial charge in [0, 0.05) is 19.5 Å². The van der Waals surface area contributed by atoms with E-state index in [2.05, 4.69) is 10.3 Å². The number of rotatable bonds is 6. The standard InChI is InChI=1S/C19H18FN3O3/c20-14-7-8-16-15(12-14)22-18(25)19(26)23(16)11-10-21-17(24)9-6-13-4-2-1-3-5-13/h1-5,7-8,12H,6,9-11H2,(H,21,24)(H,22,25). The Balaban J connectivity index is 1.64. The molecule has 26 heavy (non-hydrogen) atoms. The molecule has 1 aromatic heterocycles. The lowest BCUT2D eigenvalue weighted by Gasteiger charge is -2.10. The van der Waals surface area contributed by atoms with Crippen LogP contribution in [0.25, 0.3) is 11.0 Å². The van der Waals surface area contributed by atoms with E-state index >= 15 is 0 Å². The molecular weight excluding hydrogens is 337 g/mol. The lowest BCUT2D eigenvalue weighted by Crippen LogP contribution is -2.39. The highest BCUT2D eigenvalue weighted by atomic mass is 19.1. The van der Waals surface area contributed by atoms with Crippen molar-refractivity contribution in [2.45, 2.75) is 19.4 Å². The van der Waals surface area contributed by atoms with Gasteiger partial charge in [-0.25, -0.2) is 4.39 Å². The zero-order valence-electron chi connectivity index (χ0n) is 14.0. The predicted molar refractivity (Wildman–Crippen MR) is 96.6 cm³/mol. The van der Waals surface area contributed by atoms with Crippen molar-refractivity contribution < 1.29 is 9.18 Å². The minimum Gasteiger partial charge on any atom is -0.354 e. The van der Waals surface area contributed by atoms with Crippen molar-refractivity contribution in [2.24, 2.45) is 0 Å². The molecule has 0 spiro atoms. The number of aryl methyl sites for hydroxylation is 1. The maximum atomic E-state index is 13.3. The van der Waals surface area contributed by atoms with E-state index < -0.39 is 16.9 Å². The number of halogens is 1. The fourth-order valence-electron chi connectivity index (χ4n) is 2.77. The quantitative estimate of drug-likeness (QED) is 0.659. The first-order valence-electron chi connectivity index (χ1n) is 8.27. The number of carbonyl (C=O) groups is 1. The molecule has 0 aliphatic carbocycles. The van der Waals surface area contributed by atoms with Gasteiger partial charge in [-0.15, -0.1) is 0 Å². The highest BCUT2D eigenvalue weighted by Gasteiger charge is 2.09. The summed E-state index contributed by atoms with van der Waals surface area (Å²) >= 11 is 0. The van der Waals surface area contributed by atoms with Crippen LogP contribution in [0.15, 0.2) is 58.1 Å². The van der Waals surface area contributed by atoms with E-state index in [0.717, 1.165) is 11.6 Å². The van der Waals surface area contributed by atoms with Gasteiger partial charge < -0.3 is 14.9 Å². The summed E-state index contributed by atoms with van der Waals surface area (Å²) < 4.78 is 14.6. The van der Waals surface area contributed by atoms with Gasteiger partial charge in [0.15, 0.2) is 0 Å². The minimum absolute atomic E-state index is 0.127. The van der Waals surface area contributed by atoms with Crippen LogP contribution in [-0.2, 0) is 17.8 Å². The van der Waals surface area contributed by atoms with Crippen molar-refractivity contribution in [3.63, 3.8) is 0 Å². The Hall–Kier alpha value is -3.22. The van der Waals surface area contributed by atoms with E-state index in [4.69, 9.17) is 0 Å². The molecule has 1 heterocycles. The molecule has 2 aromatic carbocycles. The number of fused-ring (bicyclic) bond motifs is 1. The second kappa shape index (κ2) is 7.77. The topological polar surface area (TPSA) is 84.0 Å². The van der Waals surface area contributed by atoms with Gasteiger partial charge in [-0.1, -0.05) is 30.3 Å². The maximum Gasteiger partial charge on any atom is 0.316 e. The molecule has 134 valence electrons. The Kier molecular flexibility index (Phi) is 5.26. The molecule has 0 unspecified atom stereocenters. The number of hydrogen-bond acceptors (Lipinski definition) is 3. The highest BCUT2D eigenvalue weighted by Crippen LogP contribution is 2.10. The Morgan fingerprint density at radius 2 is 1.88 bits per heavy atom. The molecule has 0 fully saturated rings. The number of nitrogens with one attached hydrogen (secondary N) is 2. The average molecular weight is 355 g/mol. The fourth-order valence-corrected chi connectivity index (χ4v) is 2.77. The van der Waals surface area contributed by atoms with Gasteiger partial charge in [0.25, 0.3) is 0 Å². The smallest absolute Gasteiger partial charge is 0.316 e. The summed E-state index contributed by atoms with van der Waals surface area (Å²) in [5.74, 6) is -0.644. The monoisotopic (exact) mass is 355 g/mol. The van der Waals surface area contributed by atoms with Crippen LogP contribution >= 0.6 is 0 Å². The second-order valence-electron chi connectivity index (χ2n) is 5.91. The van der Waals surface area contributed by atoms with Gasteiger partial charge in [0.2, 0.25) is 5.91 Å². The normalized spacial score (nSPS) is 10.8. The molecule has 0 bridgehead atoms. The molecular formula is C19H18FN3O3. The van der Waals surface area contributed by atoms with Crippen LogP contribution < -0.4 is 16.4 Å². The highest BCUT2D eigenvalue weighted by molar-refractivity contribution is 5.76. The first-order chi connectivity index (χ1) is 12.5. The van der Waals surface area contributed by atoms with Crippen LogP contribution in [0.1, 0.15) is 12.0 Å². The Labute approximate surface area is 148 Å². The SMILES string of the molecule is O=C(CCc1ccccc1)NCCn1c(=O)c(=O)[nH]c2cc(F)ccc21. The maximum absolute atomic E-state index is 13.3. The first kappa shape index (κ1) is 17.6. The number of aromatic nitrogens is 2. The molecule has 0 saturated heterocycles. The summed E-state index contributed by atoms with van der Waals surface area (Å²) in [5.41, 5.74) is 0.169. The molecule has 0 saturated carbocycles. The van der Waals surface area contributed by atoms with Crippen LogP contribution in [0.2, 0.25) is 0 Å². The third kappa shape index (κ3) is 4.05. The molecule has 0 atom stereocenters. The van der Waals surface area contributed by atoms with E-state index in [1.165, 1.54) is 16.7 Å². The van der Waals surface area contributed by atoms with Crippen molar-refractivity contribution >= 4 is 16.9 Å². The Morgan fingerprint density at radius 3 is 2.65 bits per heavy atom. The van der Waals surface area contributed by atoms with Crippen molar-refractivity contribution in [2.75, 3.05) is 6.54 Å². The molecule has 7 heteroatoms. The number of H-pyrrole nitrogens is 1. The summed E-state index contributed by atoms with van der Waals surface area (Å²) in [6.07, 6.45) is 0.958. The summed E-state index contributed by atoms with van der Waals surface area (Å²) in [6, 6.07) is 13.5. The van der Waals surface area contributed by atoms with Crippen molar-refractivity contribution in [1.82, 2.24) is 14.9 Å². The Morgan fingerprint density at radius 1 is 1.12 bits per heavy atom. The van der Waals surface area contributed by atoms with Gasteiger partial charge in [-0.05, 0) is 30.2 Å². The first-order valence-corrected chi connectivity index (χ1v) is 8.27. The minimum atomic E-state index is -0.821. The van der Waals surface area contributed by atoms with E-state index in [9.17, 15) is 18.8 Å². The summed E-state index contributed by atoms with van der Waals surface area (Å²) in [6.45, 7) is 0.325. The van der Waals surface area contributed by atoms with Gasteiger partial charge in [0.1, 0.15) is 5.82 Å². The lowest BCUT2D eigenvalue weighted by molar-refractivity contribution is -0.121. The van der Waals surface area contributed by atoms with Gasteiger partial charge in [0.05, 0.1) is 11.0 Å². The number of nitrogens with zero attached hydrogens (tertiary/aromatic N) is 1. The third-order valence-corrected chi connectivity index (χ3v) is 4.08. The van der Waals surface area contributed by atoms with Crippen molar-refractivity contribution in [3.05, 3.63) is 80.6 Å².